The third-order valence-electron chi connectivity index (χ3n) is 4.32. The molecule has 2 rings (SSSR count). The highest BCUT2D eigenvalue weighted by molar-refractivity contribution is 5.84. The minimum absolute atomic E-state index is 0.0349. The molecule has 0 radical (unpaired) electrons. The molecule has 1 aliphatic rings. The molecule has 0 spiro atoms. The molecule has 1 unspecified atom stereocenters. The van der Waals surface area contributed by atoms with Gasteiger partial charge in [-0.3, -0.25) is 4.79 Å². The van der Waals surface area contributed by atoms with E-state index in [0.717, 1.165) is 18.4 Å². The third kappa shape index (κ3) is 3.63. The van der Waals surface area contributed by atoms with E-state index in [1.807, 2.05) is 6.92 Å². The molecule has 4 heteroatoms. The monoisotopic (exact) mass is 289 g/mol. The van der Waals surface area contributed by atoms with Crippen molar-refractivity contribution in [3.63, 3.8) is 0 Å². The maximum absolute atomic E-state index is 12.4. The first-order valence-corrected chi connectivity index (χ1v) is 7.61. The Morgan fingerprint density at radius 3 is 2.57 bits per heavy atom. The van der Waals surface area contributed by atoms with Gasteiger partial charge in [-0.1, -0.05) is 36.8 Å². The number of carboxylic acid groups (broad SMARTS) is 1. The molecule has 0 aromatic heterocycles. The highest BCUT2D eigenvalue weighted by atomic mass is 16.4. The van der Waals surface area contributed by atoms with Crippen LogP contribution in [0.3, 0.4) is 0 Å². The van der Waals surface area contributed by atoms with Gasteiger partial charge in [-0.2, -0.15) is 0 Å². The minimum Gasteiger partial charge on any atom is -0.480 e. The highest BCUT2D eigenvalue weighted by Gasteiger charge is 2.34. The lowest BCUT2D eigenvalue weighted by molar-refractivity contribution is -0.148. The summed E-state index contributed by atoms with van der Waals surface area (Å²) in [6.45, 7) is 4.67. The zero-order valence-corrected chi connectivity index (χ0v) is 12.7. The molecular formula is C17H23NO3. The molecular weight excluding hydrogens is 266 g/mol. The zero-order valence-electron chi connectivity index (χ0n) is 12.7. The molecule has 21 heavy (non-hydrogen) atoms. The lowest BCUT2D eigenvalue weighted by Crippen LogP contribution is -2.40. The van der Waals surface area contributed by atoms with Crippen molar-refractivity contribution in [2.24, 2.45) is 0 Å². The SMILES string of the molecule is CCC(CC(=O)N1CCC[C@H]1C(=O)O)c1ccc(C)cc1. The Labute approximate surface area is 125 Å². The second-order valence-corrected chi connectivity index (χ2v) is 5.80. The van der Waals surface area contributed by atoms with Gasteiger partial charge in [0.2, 0.25) is 5.91 Å². The van der Waals surface area contributed by atoms with Crippen molar-refractivity contribution < 1.29 is 14.7 Å². The second-order valence-electron chi connectivity index (χ2n) is 5.80. The first-order valence-electron chi connectivity index (χ1n) is 7.61. The number of hydrogen-bond donors (Lipinski definition) is 1. The van der Waals surface area contributed by atoms with E-state index in [0.29, 0.717) is 19.4 Å². The number of carbonyl (C=O) groups excluding carboxylic acids is 1. The number of rotatable bonds is 5. The zero-order chi connectivity index (χ0) is 15.4. The van der Waals surface area contributed by atoms with Gasteiger partial charge in [0.15, 0.2) is 0 Å². The second kappa shape index (κ2) is 6.74. The Kier molecular flexibility index (Phi) is 4.99. The molecule has 1 N–H and O–H groups in total. The number of benzene rings is 1. The normalized spacial score (nSPS) is 19.5. The average molecular weight is 289 g/mol. The fourth-order valence-corrected chi connectivity index (χ4v) is 2.99. The summed E-state index contributed by atoms with van der Waals surface area (Å²) in [5, 5.41) is 9.18. The van der Waals surface area contributed by atoms with Gasteiger partial charge in [0.25, 0.3) is 0 Å². The van der Waals surface area contributed by atoms with Gasteiger partial charge in [0.1, 0.15) is 6.04 Å². The number of aryl methyl sites for hydroxylation is 1. The Balaban J connectivity index is 2.06. The van der Waals surface area contributed by atoms with Crippen molar-refractivity contribution in [2.75, 3.05) is 6.54 Å². The van der Waals surface area contributed by atoms with E-state index in [9.17, 15) is 14.7 Å². The maximum atomic E-state index is 12.4. The number of nitrogens with zero attached hydrogens (tertiary/aromatic N) is 1. The highest BCUT2D eigenvalue weighted by Crippen LogP contribution is 2.27. The molecule has 1 heterocycles. The molecule has 0 saturated carbocycles. The van der Waals surface area contributed by atoms with Crippen LogP contribution in [0.2, 0.25) is 0 Å². The molecule has 0 bridgehead atoms. The van der Waals surface area contributed by atoms with Crippen LogP contribution in [0.5, 0.6) is 0 Å². The molecule has 4 nitrogen and oxygen atoms in total. The van der Waals surface area contributed by atoms with Crippen LogP contribution >= 0.6 is 0 Å². The molecule has 1 fully saturated rings. The number of likely N-dealkylation sites (tertiary alicyclic amines) is 1. The topological polar surface area (TPSA) is 57.6 Å². The van der Waals surface area contributed by atoms with E-state index < -0.39 is 12.0 Å². The average Bonchev–Trinajstić information content (AvgIpc) is 2.95. The first-order chi connectivity index (χ1) is 10.0. The molecule has 114 valence electrons. The standard InChI is InChI=1S/C17H23NO3/c1-3-13(14-8-6-12(2)7-9-14)11-16(19)18-10-4-5-15(18)17(20)21/h6-9,13,15H,3-5,10-11H2,1-2H3,(H,20,21)/t13?,15-/m0/s1. The molecule has 1 aromatic carbocycles. The van der Waals surface area contributed by atoms with E-state index in [2.05, 4.69) is 31.2 Å². The Bertz CT molecular complexity index is 509. The number of amides is 1. The number of hydrogen-bond acceptors (Lipinski definition) is 2. The smallest absolute Gasteiger partial charge is 0.326 e. The van der Waals surface area contributed by atoms with E-state index in [1.54, 1.807) is 4.90 Å². The van der Waals surface area contributed by atoms with Crippen LogP contribution in [0.15, 0.2) is 24.3 Å². The van der Waals surface area contributed by atoms with E-state index >= 15 is 0 Å². The predicted molar refractivity (Wildman–Crippen MR) is 81.2 cm³/mol. The van der Waals surface area contributed by atoms with Gasteiger partial charge in [-0.15, -0.1) is 0 Å². The van der Waals surface area contributed by atoms with Crippen LogP contribution in [-0.4, -0.2) is 34.5 Å². The summed E-state index contributed by atoms with van der Waals surface area (Å²) in [5.41, 5.74) is 2.35. The van der Waals surface area contributed by atoms with Crippen molar-refractivity contribution >= 4 is 11.9 Å². The summed E-state index contributed by atoms with van der Waals surface area (Å²) in [6.07, 6.45) is 2.62. The van der Waals surface area contributed by atoms with Gasteiger partial charge < -0.3 is 10.0 Å². The quantitative estimate of drug-likeness (QED) is 0.906. The van der Waals surface area contributed by atoms with E-state index in [1.165, 1.54) is 5.56 Å². The molecule has 0 aliphatic carbocycles. The largest absolute Gasteiger partial charge is 0.480 e. The number of aliphatic carboxylic acids is 1. The summed E-state index contributed by atoms with van der Waals surface area (Å²) in [4.78, 5) is 25.2. The summed E-state index contributed by atoms with van der Waals surface area (Å²) in [5.74, 6) is -0.760. The van der Waals surface area contributed by atoms with Crippen LogP contribution in [0, 0.1) is 6.92 Å². The van der Waals surface area contributed by atoms with E-state index in [-0.39, 0.29) is 11.8 Å². The third-order valence-corrected chi connectivity index (χ3v) is 4.32. The fraction of sp³-hybridized carbons (Fsp3) is 0.529. The summed E-state index contributed by atoms with van der Waals surface area (Å²) in [7, 11) is 0. The van der Waals surface area contributed by atoms with Gasteiger partial charge in [0, 0.05) is 13.0 Å². The summed E-state index contributed by atoms with van der Waals surface area (Å²) in [6, 6.07) is 7.61. The van der Waals surface area contributed by atoms with Crippen molar-refractivity contribution in [2.45, 2.75) is 51.5 Å². The molecule has 1 aromatic rings. The van der Waals surface area contributed by atoms with Crippen molar-refractivity contribution in [1.29, 1.82) is 0 Å². The van der Waals surface area contributed by atoms with Crippen LogP contribution in [-0.2, 0) is 9.59 Å². The van der Waals surface area contributed by atoms with Gasteiger partial charge in [-0.05, 0) is 37.7 Å². The molecule has 1 amide bonds. The van der Waals surface area contributed by atoms with Crippen LogP contribution in [0.1, 0.15) is 49.7 Å². The maximum Gasteiger partial charge on any atom is 0.326 e. The van der Waals surface area contributed by atoms with Crippen LogP contribution in [0.4, 0.5) is 0 Å². The first kappa shape index (κ1) is 15.5. The Morgan fingerprint density at radius 1 is 1.33 bits per heavy atom. The lowest BCUT2D eigenvalue weighted by Gasteiger charge is -2.24. The molecule has 1 aliphatic heterocycles. The van der Waals surface area contributed by atoms with Crippen molar-refractivity contribution in [3.05, 3.63) is 35.4 Å². The Hall–Kier alpha value is -1.84. The fourth-order valence-electron chi connectivity index (χ4n) is 2.99. The van der Waals surface area contributed by atoms with Gasteiger partial charge in [-0.25, -0.2) is 4.79 Å². The van der Waals surface area contributed by atoms with Gasteiger partial charge >= 0.3 is 5.97 Å². The minimum atomic E-state index is -0.885. The lowest BCUT2D eigenvalue weighted by atomic mass is 9.92. The molecule has 1 saturated heterocycles. The summed E-state index contributed by atoms with van der Waals surface area (Å²) >= 11 is 0. The van der Waals surface area contributed by atoms with Gasteiger partial charge in [0.05, 0.1) is 0 Å². The van der Waals surface area contributed by atoms with Crippen LogP contribution in [0.25, 0.3) is 0 Å². The summed E-state index contributed by atoms with van der Waals surface area (Å²) < 4.78 is 0. The van der Waals surface area contributed by atoms with Crippen LogP contribution < -0.4 is 0 Å². The number of carbonyl (C=O) groups is 2. The molecule has 2 atom stereocenters. The number of carboxylic acids is 1. The van der Waals surface area contributed by atoms with Crippen molar-refractivity contribution in [1.82, 2.24) is 4.90 Å². The predicted octanol–water partition coefficient (Wildman–Crippen LogP) is 2.95. The van der Waals surface area contributed by atoms with Crippen molar-refractivity contribution in [3.8, 4) is 0 Å². The Morgan fingerprint density at radius 2 is 2.00 bits per heavy atom. The van der Waals surface area contributed by atoms with E-state index in [4.69, 9.17) is 0 Å².